The van der Waals surface area contributed by atoms with E-state index < -0.39 is 49.4 Å². The van der Waals surface area contributed by atoms with Crippen molar-refractivity contribution in [2.45, 2.75) is 31.5 Å². The van der Waals surface area contributed by atoms with Gasteiger partial charge in [-0.25, -0.2) is 4.79 Å². The van der Waals surface area contributed by atoms with Gasteiger partial charge in [0.05, 0.1) is 24.9 Å². The van der Waals surface area contributed by atoms with Crippen LogP contribution in [-0.2, 0) is 25.4 Å². The van der Waals surface area contributed by atoms with E-state index in [4.69, 9.17) is 29.5 Å². The standard InChI is InChI=1S/C11H16N2O6.C2H5O5P/c1-18-5-6-3-13(11(17)12-10(6)16)9-2-7(15)8(4-14)19-9;3-2(4)1-8(5,6)7/h3,7-9,14-15H,2,4-5H2,1H3,(H,12,16,17);1H2,(H,3,4)(H2,5,6,7)/t7-,8+,9+;/m0./s1. The Labute approximate surface area is 152 Å². The summed E-state index contributed by atoms with van der Waals surface area (Å²) in [5.74, 6) is -1.49. The van der Waals surface area contributed by atoms with E-state index in [1.807, 2.05) is 0 Å². The van der Waals surface area contributed by atoms with E-state index in [9.17, 15) is 24.1 Å². The van der Waals surface area contributed by atoms with Gasteiger partial charge in [0, 0.05) is 19.7 Å². The van der Waals surface area contributed by atoms with Gasteiger partial charge in [-0.3, -0.25) is 23.7 Å². The fourth-order valence-corrected chi connectivity index (χ4v) is 2.58. The number of H-pyrrole nitrogens is 1. The van der Waals surface area contributed by atoms with Crippen LogP contribution in [0.25, 0.3) is 0 Å². The third-order valence-corrected chi connectivity index (χ3v) is 4.06. The van der Waals surface area contributed by atoms with Crippen molar-refractivity contribution in [3.8, 4) is 0 Å². The first-order chi connectivity index (χ1) is 12.5. The largest absolute Gasteiger partial charge is 0.481 e. The minimum Gasteiger partial charge on any atom is -0.481 e. The summed E-state index contributed by atoms with van der Waals surface area (Å²) in [6, 6.07) is 0. The molecule has 0 radical (unpaired) electrons. The third kappa shape index (κ3) is 7.34. The molecule has 0 aromatic carbocycles. The fraction of sp³-hybridized carbons (Fsp3) is 0.615. The molecule has 2 rings (SSSR count). The highest BCUT2D eigenvalue weighted by Crippen LogP contribution is 2.33. The normalized spacial score (nSPS) is 22.2. The van der Waals surface area contributed by atoms with E-state index >= 15 is 0 Å². The first-order valence-corrected chi connectivity index (χ1v) is 9.32. The molecule has 0 saturated carbocycles. The Morgan fingerprint density at radius 3 is 2.48 bits per heavy atom. The number of ether oxygens (including phenoxy) is 2. The number of aliphatic hydroxyl groups is 2. The van der Waals surface area contributed by atoms with E-state index in [0.717, 1.165) is 0 Å². The monoisotopic (exact) mass is 412 g/mol. The lowest BCUT2D eigenvalue weighted by Gasteiger charge is -2.15. The second-order valence-electron chi connectivity index (χ2n) is 5.59. The molecule has 3 atom stereocenters. The number of carboxylic acid groups (broad SMARTS) is 1. The van der Waals surface area contributed by atoms with Gasteiger partial charge in [-0.05, 0) is 0 Å². The van der Waals surface area contributed by atoms with Crippen LogP contribution in [0.15, 0.2) is 15.8 Å². The highest BCUT2D eigenvalue weighted by atomic mass is 31.2. The van der Waals surface area contributed by atoms with Crippen LogP contribution < -0.4 is 11.2 Å². The fourth-order valence-electron chi connectivity index (χ4n) is 2.23. The lowest BCUT2D eigenvalue weighted by atomic mass is 10.2. The molecule has 0 amide bonds. The Balaban J connectivity index is 0.000000387. The van der Waals surface area contributed by atoms with Crippen LogP contribution in [0.5, 0.6) is 0 Å². The highest BCUT2D eigenvalue weighted by molar-refractivity contribution is 7.52. The Morgan fingerprint density at radius 1 is 1.44 bits per heavy atom. The van der Waals surface area contributed by atoms with Gasteiger partial charge in [-0.2, -0.15) is 0 Å². The van der Waals surface area contributed by atoms with Crippen molar-refractivity contribution in [1.82, 2.24) is 9.55 Å². The number of aromatic nitrogens is 2. The Hall–Kier alpha value is -1.86. The maximum Gasteiger partial charge on any atom is 0.336 e. The Morgan fingerprint density at radius 2 is 2.07 bits per heavy atom. The number of aromatic amines is 1. The number of methoxy groups -OCH3 is 1. The minimum atomic E-state index is -4.32. The molecule has 13 nitrogen and oxygen atoms in total. The van der Waals surface area contributed by atoms with E-state index in [-0.39, 0.29) is 25.2 Å². The molecule has 0 spiro atoms. The molecule has 1 aliphatic heterocycles. The maximum atomic E-state index is 11.7. The molecule has 1 saturated heterocycles. The Kier molecular flexibility index (Phi) is 8.50. The lowest BCUT2D eigenvalue weighted by Crippen LogP contribution is -2.34. The molecule has 0 bridgehead atoms. The van der Waals surface area contributed by atoms with Crippen molar-refractivity contribution in [3.05, 3.63) is 32.6 Å². The summed E-state index contributed by atoms with van der Waals surface area (Å²) in [6.07, 6.45) is -1.86. The predicted molar refractivity (Wildman–Crippen MR) is 88.2 cm³/mol. The average Bonchev–Trinajstić information content (AvgIpc) is 2.89. The molecule has 1 fully saturated rings. The number of rotatable bonds is 6. The number of aliphatic carboxylic acids is 1. The molecule has 6 N–H and O–H groups in total. The number of carboxylic acids is 1. The highest BCUT2D eigenvalue weighted by Gasteiger charge is 2.35. The van der Waals surface area contributed by atoms with Crippen LogP contribution in [0, 0.1) is 0 Å². The summed E-state index contributed by atoms with van der Waals surface area (Å²) in [4.78, 5) is 50.8. The molecule has 27 heavy (non-hydrogen) atoms. The summed E-state index contributed by atoms with van der Waals surface area (Å²) in [5.41, 5.74) is -0.853. The van der Waals surface area contributed by atoms with Gasteiger partial charge in [0.25, 0.3) is 5.56 Å². The first-order valence-electron chi connectivity index (χ1n) is 7.52. The molecular formula is C13H21N2O11P. The summed E-state index contributed by atoms with van der Waals surface area (Å²) in [5, 5.41) is 26.4. The van der Waals surface area contributed by atoms with Gasteiger partial charge in [-0.15, -0.1) is 0 Å². The van der Waals surface area contributed by atoms with Crippen LogP contribution in [0.3, 0.4) is 0 Å². The van der Waals surface area contributed by atoms with Crippen LogP contribution in [0.4, 0.5) is 0 Å². The molecular weight excluding hydrogens is 391 g/mol. The van der Waals surface area contributed by atoms with Crippen LogP contribution in [0.1, 0.15) is 18.2 Å². The van der Waals surface area contributed by atoms with Crippen molar-refractivity contribution in [3.63, 3.8) is 0 Å². The third-order valence-electron chi connectivity index (χ3n) is 3.38. The molecule has 14 heteroatoms. The zero-order chi connectivity index (χ0) is 20.8. The lowest BCUT2D eigenvalue weighted by molar-refractivity contribution is -0.134. The topological polar surface area (TPSA) is 209 Å². The zero-order valence-electron chi connectivity index (χ0n) is 14.2. The molecule has 0 unspecified atom stereocenters. The van der Waals surface area contributed by atoms with Gasteiger partial charge in [0.2, 0.25) is 0 Å². The molecule has 154 valence electrons. The van der Waals surface area contributed by atoms with E-state index in [0.29, 0.717) is 0 Å². The summed E-state index contributed by atoms with van der Waals surface area (Å²) < 4.78 is 21.2. The summed E-state index contributed by atoms with van der Waals surface area (Å²) in [6.45, 7) is -0.269. The maximum absolute atomic E-state index is 11.7. The number of carbonyl (C=O) groups is 1. The van der Waals surface area contributed by atoms with Crippen molar-refractivity contribution in [2.24, 2.45) is 0 Å². The van der Waals surface area contributed by atoms with Crippen LogP contribution in [-0.4, -0.2) is 72.7 Å². The van der Waals surface area contributed by atoms with Gasteiger partial charge in [0.15, 0.2) is 0 Å². The van der Waals surface area contributed by atoms with Crippen molar-refractivity contribution >= 4 is 13.6 Å². The molecule has 1 aromatic rings. The first kappa shape index (κ1) is 23.2. The number of nitrogens with zero attached hydrogens (tertiary/aromatic N) is 1. The molecule has 0 aliphatic carbocycles. The smallest absolute Gasteiger partial charge is 0.336 e. The zero-order valence-corrected chi connectivity index (χ0v) is 15.1. The van der Waals surface area contributed by atoms with E-state index in [1.165, 1.54) is 17.9 Å². The number of hydrogen-bond acceptors (Lipinski definition) is 8. The van der Waals surface area contributed by atoms with Gasteiger partial charge in [0.1, 0.15) is 18.5 Å². The second-order valence-corrected chi connectivity index (χ2v) is 7.23. The van der Waals surface area contributed by atoms with Crippen molar-refractivity contribution < 1.29 is 43.9 Å². The summed E-state index contributed by atoms with van der Waals surface area (Å²) >= 11 is 0. The number of hydrogen-bond donors (Lipinski definition) is 6. The molecule has 1 aliphatic rings. The average molecular weight is 412 g/mol. The Bertz CT molecular complexity index is 798. The van der Waals surface area contributed by atoms with Gasteiger partial charge < -0.3 is 34.6 Å². The molecule has 2 heterocycles. The van der Waals surface area contributed by atoms with E-state index in [2.05, 4.69) is 4.98 Å². The minimum absolute atomic E-state index is 0.0638. The van der Waals surface area contributed by atoms with Crippen molar-refractivity contribution in [1.29, 1.82) is 0 Å². The van der Waals surface area contributed by atoms with Crippen LogP contribution >= 0.6 is 7.60 Å². The van der Waals surface area contributed by atoms with Gasteiger partial charge in [-0.1, -0.05) is 0 Å². The number of aliphatic hydroxyl groups excluding tert-OH is 2. The summed E-state index contributed by atoms with van der Waals surface area (Å²) in [7, 11) is -2.88. The number of nitrogens with one attached hydrogen (secondary N) is 1. The second kappa shape index (κ2) is 9.90. The van der Waals surface area contributed by atoms with Crippen LogP contribution in [0.2, 0.25) is 0 Å². The SMILES string of the molecule is COCc1cn([C@H]2C[C@H](O)[C@@H](CO)O2)c(=O)[nH]c1=O.O=C(O)CP(=O)(O)O. The quantitative estimate of drug-likeness (QED) is 0.271. The van der Waals surface area contributed by atoms with E-state index in [1.54, 1.807) is 0 Å². The van der Waals surface area contributed by atoms with Gasteiger partial charge >= 0.3 is 19.3 Å². The van der Waals surface area contributed by atoms with Crippen molar-refractivity contribution in [2.75, 3.05) is 19.9 Å². The predicted octanol–water partition coefficient (Wildman–Crippen LogP) is -2.43. The molecule has 1 aromatic heterocycles.